The van der Waals surface area contributed by atoms with E-state index in [9.17, 15) is 0 Å². The van der Waals surface area contributed by atoms with E-state index in [4.69, 9.17) is 4.42 Å². The molecule has 102 valence electrons. The minimum Gasteiger partial charge on any atom is -0.452 e. The molecule has 0 saturated carbocycles. The molecule has 1 N–H and O–H groups in total. The molecule has 18 heavy (non-hydrogen) atoms. The van der Waals surface area contributed by atoms with Crippen LogP contribution < -0.4 is 5.32 Å². The van der Waals surface area contributed by atoms with E-state index in [1.165, 1.54) is 32.5 Å². The molecule has 3 nitrogen and oxygen atoms in total. The topological polar surface area (TPSA) is 28.4 Å². The maximum absolute atomic E-state index is 5.54. The van der Waals surface area contributed by atoms with Crippen molar-refractivity contribution in [3.63, 3.8) is 0 Å². The Hall–Kier alpha value is 0.160. The van der Waals surface area contributed by atoms with E-state index in [0.29, 0.717) is 0 Å². The van der Waals surface area contributed by atoms with Gasteiger partial charge in [-0.15, -0.1) is 0 Å². The summed E-state index contributed by atoms with van der Waals surface area (Å²) >= 11 is 6.78. The molecule has 1 aromatic heterocycles. The zero-order valence-electron chi connectivity index (χ0n) is 10.7. The predicted octanol–water partition coefficient (Wildman–Crippen LogP) is 3.63. The smallest absolute Gasteiger partial charge is 0.183 e. The zero-order valence-corrected chi connectivity index (χ0v) is 13.9. The first kappa shape index (κ1) is 14.6. The van der Waals surface area contributed by atoms with E-state index in [-0.39, 0.29) is 0 Å². The van der Waals surface area contributed by atoms with Crippen molar-refractivity contribution in [2.24, 2.45) is 5.92 Å². The minimum atomic E-state index is 0.774. The van der Waals surface area contributed by atoms with Crippen molar-refractivity contribution < 1.29 is 4.42 Å². The number of nitrogens with one attached hydrogen (secondary N) is 1. The van der Waals surface area contributed by atoms with Crippen LogP contribution in [0.2, 0.25) is 0 Å². The van der Waals surface area contributed by atoms with Crippen LogP contribution in [0, 0.1) is 5.92 Å². The lowest BCUT2D eigenvalue weighted by molar-refractivity contribution is 0.189. The quantitative estimate of drug-likeness (QED) is 0.846. The summed E-state index contributed by atoms with van der Waals surface area (Å²) in [5.74, 6) is 1.79. The molecule has 1 saturated heterocycles. The van der Waals surface area contributed by atoms with Crippen LogP contribution in [-0.4, -0.2) is 31.1 Å². The van der Waals surface area contributed by atoms with Crippen LogP contribution in [0.4, 0.5) is 0 Å². The maximum atomic E-state index is 5.54. The number of halogens is 2. The number of hydrogen-bond donors (Lipinski definition) is 1. The molecule has 1 aliphatic rings. The van der Waals surface area contributed by atoms with Crippen LogP contribution in [0.5, 0.6) is 0 Å². The third-order valence-electron chi connectivity index (χ3n) is 3.58. The number of furan rings is 1. The minimum absolute atomic E-state index is 0.774. The summed E-state index contributed by atoms with van der Waals surface area (Å²) in [6.45, 7) is 7.83. The third kappa shape index (κ3) is 4.08. The molecule has 1 aliphatic heterocycles. The van der Waals surface area contributed by atoms with Gasteiger partial charge in [0.15, 0.2) is 4.67 Å². The highest BCUT2D eigenvalue weighted by atomic mass is 79.9. The Morgan fingerprint density at radius 1 is 1.39 bits per heavy atom. The van der Waals surface area contributed by atoms with E-state index >= 15 is 0 Å². The van der Waals surface area contributed by atoms with Gasteiger partial charge in [0.1, 0.15) is 5.76 Å². The van der Waals surface area contributed by atoms with Crippen LogP contribution >= 0.6 is 31.9 Å². The first-order chi connectivity index (χ1) is 8.69. The lowest BCUT2D eigenvalue weighted by atomic mass is 9.97. The van der Waals surface area contributed by atoms with Gasteiger partial charge in [0, 0.05) is 0 Å². The van der Waals surface area contributed by atoms with Crippen molar-refractivity contribution in [1.29, 1.82) is 0 Å². The van der Waals surface area contributed by atoms with Crippen molar-refractivity contribution >= 4 is 31.9 Å². The van der Waals surface area contributed by atoms with Crippen LogP contribution in [0.15, 0.2) is 19.6 Å². The lowest BCUT2D eigenvalue weighted by Gasteiger charge is -2.31. The third-order valence-corrected chi connectivity index (χ3v) is 5.29. The number of rotatable bonds is 5. The highest BCUT2D eigenvalue weighted by Gasteiger charge is 2.17. The molecule has 0 aromatic carbocycles. The molecular weight excluding hydrogens is 360 g/mol. The average molecular weight is 380 g/mol. The Kier molecular flexibility index (Phi) is 5.73. The zero-order chi connectivity index (χ0) is 13.0. The first-order valence-corrected chi connectivity index (χ1v) is 8.14. The van der Waals surface area contributed by atoms with Crippen molar-refractivity contribution in [2.45, 2.75) is 26.3 Å². The van der Waals surface area contributed by atoms with E-state index in [1.807, 2.05) is 6.07 Å². The van der Waals surface area contributed by atoms with Crippen molar-refractivity contribution in [1.82, 2.24) is 10.2 Å². The maximum Gasteiger partial charge on any atom is 0.183 e. The van der Waals surface area contributed by atoms with Gasteiger partial charge in [0.2, 0.25) is 0 Å². The molecule has 2 rings (SSSR count). The van der Waals surface area contributed by atoms with Crippen molar-refractivity contribution in [3.8, 4) is 0 Å². The summed E-state index contributed by atoms with van der Waals surface area (Å²) in [6, 6.07) is 2.01. The van der Waals surface area contributed by atoms with Gasteiger partial charge in [0.05, 0.1) is 11.0 Å². The summed E-state index contributed by atoms with van der Waals surface area (Å²) in [4.78, 5) is 2.53. The van der Waals surface area contributed by atoms with Gasteiger partial charge in [-0.25, -0.2) is 0 Å². The fraction of sp³-hybridized carbons (Fsp3) is 0.692. The van der Waals surface area contributed by atoms with Gasteiger partial charge in [-0.3, -0.25) is 0 Å². The molecule has 2 heterocycles. The molecular formula is C13H20Br2N2O. The molecule has 5 heteroatoms. The van der Waals surface area contributed by atoms with Crippen molar-refractivity contribution in [3.05, 3.63) is 21.0 Å². The lowest BCUT2D eigenvalue weighted by Crippen LogP contribution is -2.36. The molecule has 1 aromatic rings. The van der Waals surface area contributed by atoms with Gasteiger partial charge in [-0.2, -0.15) is 0 Å². The fourth-order valence-corrected chi connectivity index (χ4v) is 3.04. The summed E-state index contributed by atoms with van der Waals surface area (Å²) in [7, 11) is 0. The predicted molar refractivity (Wildman–Crippen MR) is 80.7 cm³/mol. The molecule has 0 amide bonds. The van der Waals surface area contributed by atoms with Crippen LogP contribution in [0.3, 0.4) is 0 Å². The molecule has 0 atom stereocenters. The first-order valence-electron chi connectivity index (χ1n) is 6.55. The summed E-state index contributed by atoms with van der Waals surface area (Å²) < 4.78 is 7.29. The van der Waals surface area contributed by atoms with Gasteiger partial charge < -0.3 is 14.6 Å². The second-order valence-corrected chi connectivity index (χ2v) is 6.42. The van der Waals surface area contributed by atoms with E-state index in [2.05, 4.69) is 49.0 Å². The van der Waals surface area contributed by atoms with Crippen LogP contribution in [-0.2, 0) is 6.54 Å². The fourth-order valence-electron chi connectivity index (χ4n) is 2.38. The highest BCUT2D eigenvalue weighted by molar-refractivity contribution is 9.13. The normalized spacial score (nSPS) is 18.4. The SMILES string of the molecule is CCN1CCC(CNCc2cc(Br)c(Br)o2)CC1. The highest BCUT2D eigenvalue weighted by Crippen LogP contribution is 2.26. The standard InChI is InChI=1S/C13H20Br2N2O/c1-2-17-5-3-10(4-6-17)8-16-9-11-7-12(14)13(15)18-11/h7,10,16H,2-6,8-9H2,1H3. The molecule has 1 fully saturated rings. The van der Waals surface area contributed by atoms with Gasteiger partial charge >= 0.3 is 0 Å². The Morgan fingerprint density at radius 3 is 2.67 bits per heavy atom. The molecule has 0 unspecified atom stereocenters. The van der Waals surface area contributed by atoms with E-state index in [1.54, 1.807) is 0 Å². The van der Waals surface area contributed by atoms with Crippen LogP contribution in [0.1, 0.15) is 25.5 Å². The average Bonchev–Trinajstić information content (AvgIpc) is 2.69. The summed E-state index contributed by atoms with van der Waals surface area (Å²) in [5.41, 5.74) is 0. The second-order valence-electron chi connectivity index (χ2n) is 4.84. The van der Waals surface area contributed by atoms with E-state index in [0.717, 1.165) is 33.9 Å². The Labute approximate surface area is 126 Å². The van der Waals surface area contributed by atoms with Gasteiger partial charge in [0.25, 0.3) is 0 Å². The number of hydrogen-bond acceptors (Lipinski definition) is 3. The molecule has 0 aliphatic carbocycles. The number of piperidine rings is 1. The van der Waals surface area contributed by atoms with Gasteiger partial charge in [-0.1, -0.05) is 6.92 Å². The number of likely N-dealkylation sites (tertiary alicyclic amines) is 1. The summed E-state index contributed by atoms with van der Waals surface area (Å²) in [5, 5.41) is 3.49. The molecule has 0 radical (unpaired) electrons. The van der Waals surface area contributed by atoms with E-state index < -0.39 is 0 Å². The Morgan fingerprint density at radius 2 is 2.11 bits per heavy atom. The second kappa shape index (κ2) is 7.08. The number of nitrogens with zero attached hydrogens (tertiary/aromatic N) is 1. The molecule has 0 spiro atoms. The van der Waals surface area contributed by atoms with Gasteiger partial charge in [-0.05, 0) is 82.9 Å². The Bertz CT molecular complexity index is 354. The van der Waals surface area contributed by atoms with Crippen LogP contribution in [0.25, 0.3) is 0 Å². The monoisotopic (exact) mass is 378 g/mol. The molecule has 0 bridgehead atoms. The summed E-state index contributed by atoms with van der Waals surface area (Å²) in [6.07, 6.45) is 2.62. The largest absolute Gasteiger partial charge is 0.452 e. The Balaban J connectivity index is 1.67. The van der Waals surface area contributed by atoms with Crippen molar-refractivity contribution in [2.75, 3.05) is 26.2 Å².